The highest BCUT2D eigenvalue weighted by Gasteiger charge is 2.11. The summed E-state index contributed by atoms with van der Waals surface area (Å²) in [7, 11) is 1.87. The Hall–Kier alpha value is -2.49. The minimum Gasteiger partial charge on any atom is -0.373 e. The first-order valence-corrected chi connectivity index (χ1v) is 6.58. The Balaban J connectivity index is 2.22. The van der Waals surface area contributed by atoms with Gasteiger partial charge < -0.3 is 5.32 Å². The lowest BCUT2D eigenvalue weighted by molar-refractivity contribution is 1.03. The number of aromatic nitrogens is 3. The fraction of sp³-hybridized carbons (Fsp3) is 0.188. The molecule has 0 unspecified atom stereocenters. The molecule has 4 heteroatoms. The summed E-state index contributed by atoms with van der Waals surface area (Å²) in [5, 5.41) is 4.24. The third-order valence-corrected chi connectivity index (χ3v) is 3.34. The molecule has 0 amide bonds. The fourth-order valence-corrected chi connectivity index (χ4v) is 2.32. The third-order valence-electron chi connectivity index (χ3n) is 3.34. The molecule has 2 aromatic heterocycles. The molecule has 3 rings (SSSR count). The van der Waals surface area contributed by atoms with Crippen LogP contribution in [0, 0.1) is 13.8 Å². The normalized spacial score (nSPS) is 10.8. The minimum absolute atomic E-state index is 0.741. The van der Waals surface area contributed by atoms with Crippen LogP contribution >= 0.6 is 0 Å². The molecule has 0 aliphatic rings. The number of rotatable bonds is 2. The van der Waals surface area contributed by atoms with E-state index >= 15 is 0 Å². The van der Waals surface area contributed by atoms with Crippen molar-refractivity contribution in [3.63, 3.8) is 0 Å². The Morgan fingerprint density at radius 3 is 2.50 bits per heavy atom. The molecule has 0 saturated heterocycles. The molecular weight excluding hydrogens is 248 g/mol. The Kier molecular flexibility index (Phi) is 3.06. The van der Waals surface area contributed by atoms with Crippen molar-refractivity contribution in [1.82, 2.24) is 15.0 Å². The van der Waals surface area contributed by atoms with Gasteiger partial charge in [0.05, 0.1) is 16.9 Å². The van der Waals surface area contributed by atoms with Gasteiger partial charge in [-0.1, -0.05) is 24.3 Å². The second-order valence-electron chi connectivity index (χ2n) is 4.73. The zero-order chi connectivity index (χ0) is 14.1. The maximum absolute atomic E-state index is 4.70. The van der Waals surface area contributed by atoms with E-state index in [-0.39, 0.29) is 0 Å². The van der Waals surface area contributed by atoms with Crippen LogP contribution in [0.1, 0.15) is 11.4 Å². The van der Waals surface area contributed by atoms with E-state index in [1.54, 1.807) is 0 Å². The van der Waals surface area contributed by atoms with Gasteiger partial charge >= 0.3 is 0 Å². The van der Waals surface area contributed by atoms with Gasteiger partial charge in [0.2, 0.25) is 0 Å². The first-order valence-electron chi connectivity index (χ1n) is 6.58. The van der Waals surface area contributed by atoms with Crippen molar-refractivity contribution in [2.24, 2.45) is 0 Å². The summed E-state index contributed by atoms with van der Waals surface area (Å²) in [6, 6.07) is 12.2. The highest BCUT2D eigenvalue weighted by molar-refractivity contribution is 5.81. The molecule has 0 fully saturated rings. The van der Waals surface area contributed by atoms with Crippen molar-refractivity contribution in [2.75, 3.05) is 12.4 Å². The molecule has 2 heterocycles. The van der Waals surface area contributed by atoms with Crippen molar-refractivity contribution < 1.29 is 0 Å². The highest BCUT2D eigenvalue weighted by atomic mass is 15.0. The van der Waals surface area contributed by atoms with Crippen LogP contribution in [0.15, 0.2) is 36.4 Å². The number of hydrogen-bond donors (Lipinski definition) is 1. The number of fused-ring (bicyclic) bond motifs is 1. The predicted octanol–water partition coefficient (Wildman–Crippen LogP) is 3.35. The molecule has 3 aromatic rings. The van der Waals surface area contributed by atoms with Crippen LogP contribution in [0.25, 0.3) is 22.3 Å². The maximum atomic E-state index is 4.70. The van der Waals surface area contributed by atoms with Crippen molar-refractivity contribution >= 4 is 16.7 Å². The van der Waals surface area contributed by atoms with Crippen molar-refractivity contribution in [3.05, 3.63) is 47.8 Å². The first-order chi connectivity index (χ1) is 9.69. The Labute approximate surface area is 117 Å². The molecule has 0 bridgehead atoms. The third kappa shape index (κ3) is 2.09. The summed E-state index contributed by atoms with van der Waals surface area (Å²) < 4.78 is 0. The zero-order valence-electron chi connectivity index (χ0n) is 11.8. The van der Waals surface area contributed by atoms with E-state index in [0.29, 0.717) is 0 Å². The number of anilines is 1. The standard InChI is InChI=1S/C16H16N4/c1-10-15(18-11(2)19-16(10)17-3)14-9-8-12-6-4-5-7-13(12)20-14/h4-9H,1-3H3,(H,17,18,19). The molecule has 0 radical (unpaired) electrons. The molecular formula is C16H16N4. The Morgan fingerprint density at radius 1 is 0.900 bits per heavy atom. The molecule has 0 atom stereocenters. The number of benzene rings is 1. The Bertz CT molecular complexity index is 781. The monoisotopic (exact) mass is 264 g/mol. The van der Waals surface area contributed by atoms with E-state index in [1.165, 1.54) is 0 Å². The lowest BCUT2D eigenvalue weighted by atomic mass is 10.1. The summed E-state index contributed by atoms with van der Waals surface area (Å²) in [5.41, 5.74) is 3.75. The highest BCUT2D eigenvalue weighted by Crippen LogP contribution is 2.25. The number of para-hydroxylation sites is 1. The molecule has 1 N–H and O–H groups in total. The van der Waals surface area contributed by atoms with Gasteiger partial charge in [0.15, 0.2) is 0 Å². The molecule has 0 spiro atoms. The lowest BCUT2D eigenvalue weighted by Crippen LogP contribution is -2.03. The summed E-state index contributed by atoms with van der Waals surface area (Å²) in [5.74, 6) is 1.59. The summed E-state index contributed by atoms with van der Waals surface area (Å²) in [6.07, 6.45) is 0. The molecule has 0 saturated carbocycles. The first kappa shape index (κ1) is 12.5. The number of hydrogen-bond acceptors (Lipinski definition) is 4. The lowest BCUT2D eigenvalue weighted by Gasteiger charge is -2.10. The molecule has 0 aliphatic heterocycles. The van der Waals surface area contributed by atoms with Crippen LogP contribution in [-0.4, -0.2) is 22.0 Å². The number of pyridine rings is 1. The minimum atomic E-state index is 0.741. The van der Waals surface area contributed by atoms with Gasteiger partial charge in [-0.25, -0.2) is 15.0 Å². The number of nitrogens with one attached hydrogen (secondary N) is 1. The van der Waals surface area contributed by atoms with E-state index in [9.17, 15) is 0 Å². The van der Waals surface area contributed by atoms with Gasteiger partial charge in [0.25, 0.3) is 0 Å². The van der Waals surface area contributed by atoms with Gasteiger partial charge in [-0.2, -0.15) is 0 Å². The van der Waals surface area contributed by atoms with Gasteiger partial charge in [0, 0.05) is 18.0 Å². The second-order valence-corrected chi connectivity index (χ2v) is 4.73. The summed E-state index contributed by atoms with van der Waals surface area (Å²) >= 11 is 0. The van der Waals surface area contributed by atoms with E-state index in [0.717, 1.165) is 39.5 Å². The van der Waals surface area contributed by atoms with Crippen LogP contribution in [0.4, 0.5) is 5.82 Å². The van der Waals surface area contributed by atoms with Crippen LogP contribution in [-0.2, 0) is 0 Å². The van der Waals surface area contributed by atoms with Gasteiger partial charge in [-0.15, -0.1) is 0 Å². The molecule has 100 valence electrons. The zero-order valence-corrected chi connectivity index (χ0v) is 11.8. The summed E-state index contributed by atoms with van der Waals surface area (Å²) in [4.78, 5) is 13.6. The largest absolute Gasteiger partial charge is 0.373 e. The topological polar surface area (TPSA) is 50.7 Å². The van der Waals surface area contributed by atoms with Crippen LogP contribution in [0.3, 0.4) is 0 Å². The van der Waals surface area contributed by atoms with E-state index < -0.39 is 0 Å². The predicted molar refractivity (Wildman–Crippen MR) is 81.8 cm³/mol. The van der Waals surface area contributed by atoms with Gasteiger partial charge in [-0.3, -0.25) is 0 Å². The van der Waals surface area contributed by atoms with Gasteiger partial charge in [0.1, 0.15) is 11.6 Å². The Morgan fingerprint density at radius 2 is 1.70 bits per heavy atom. The van der Waals surface area contributed by atoms with Crippen LogP contribution in [0.2, 0.25) is 0 Å². The quantitative estimate of drug-likeness (QED) is 0.771. The van der Waals surface area contributed by atoms with E-state index in [4.69, 9.17) is 4.98 Å². The summed E-state index contributed by atoms with van der Waals surface area (Å²) in [6.45, 7) is 3.91. The van der Waals surface area contributed by atoms with Crippen LogP contribution in [0.5, 0.6) is 0 Å². The van der Waals surface area contributed by atoms with Crippen LogP contribution < -0.4 is 5.32 Å². The fourth-order valence-electron chi connectivity index (χ4n) is 2.32. The number of nitrogens with zero attached hydrogens (tertiary/aromatic N) is 3. The molecule has 20 heavy (non-hydrogen) atoms. The maximum Gasteiger partial charge on any atom is 0.133 e. The van der Waals surface area contributed by atoms with E-state index in [1.807, 2.05) is 45.2 Å². The molecule has 0 aliphatic carbocycles. The molecule has 4 nitrogen and oxygen atoms in total. The van der Waals surface area contributed by atoms with E-state index in [2.05, 4.69) is 27.4 Å². The SMILES string of the molecule is CNc1nc(C)nc(-c2ccc3ccccc3n2)c1C. The van der Waals surface area contributed by atoms with Gasteiger partial charge in [-0.05, 0) is 26.0 Å². The van der Waals surface area contributed by atoms with Crippen molar-refractivity contribution in [2.45, 2.75) is 13.8 Å². The smallest absolute Gasteiger partial charge is 0.133 e. The van der Waals surface area contributed by atoms with Crippen molar-refractivity contribution in [3.8, 4) is 11.4 Å². The second kappa shape index (κ2) is 4.89. The average Bonchev–Trinajstić information content (AvgIpc) is 2.48. The van der Waals surface area contributed by atoms with Crippen molar-refractivity contribution in [1.29, 1.82) is 0 Å². The molecule has 1 aromatic carbocycles. The number of aryl methyl sites for hydroxylation is 1. The average molecular weight is 264 g/mol.